The summed E-state index contributed by atoms with van der Waals surface area (Å²) >= 11 is 0. The van der Waals surface area contributed by atoms with Gasteiger partial charge in [-0.2, -0.15) is 0 Å². The van der Waals surface area contributed by atoms with Crippen molar-refractivity contribution < 1.29 is 29.2 Å². The van der Waals surface area contributed by atoms with Gasteiger partial charge in [-0.05, 0) is 17.6 Å². The largest absolute Gasteiger partial charge is 0.489 e. The first-order valence-corrected chi connectivity index (χ1v) is 8.98. The summed E-state index contributed by atoms with van der Waals surface area (Å²) in [4.78, 5) is 52.8. The summed E-state index contributed by atoms with van der Waals surface area (Å²) in [6.45, 7) is 1.07. The van der Waals surface area contributed by atoms with Crippen molar-refractivity contribution in [3.8, 4) is 0 Å². The maximum absolute atomic E-state index is 12.6. The van der Waals surface area contributed by atoms with Crippen molar-refractivity contribution in [3.63, 3.8) is 0 Å². The minimum Gasteiger partial charge on any atom is -0.423 e. The number of rotatable bonds is 5. The van der Waals surface area contributed by atoms with E-state index in [4.69, 9.17) is 0 Å². The summed E-state index contributed by atoms with van der Waals surface area (Å²) in [5, 5.41) is 18.5. The van der Waals surface area contributed by atoms with E-state index in [0.29, 0.717) is 25.9 Å². The number of hydrogen-bond acceptors (Lipinski definition) is 6. The predicted molar refractivity (Wildman–Crippen MR) is 99.9 cm³/mol. The van der Waals surface area contributed by atoms with Crippen LogP contribution >= 0.6 is 0 Å². The molecule has 10 heteroatoms. The molecule has 28 heavy (non-hydrogen) atoms. The summed E-state index contributed by atoms with van der Waals surface area (Å²) in [5.41, 5.74) is 0.336. The first kappa shape index (κ1) is 20.0. The molecule has 1 aromatic carbocycles. The van der Waals surface area contributed by atoms with Crippen LogP contribution in [0.4, 0.5) is 0 Å². The Morgan fingerprint density at radius 3 is 2.46 bits per heavy atom. The number of carbonyl (C=O) groups is 4. The molecule has 2 N–H and O–H groups in total. The van der Waals surface area contributed by atoms with Gasteiger partial charge in [0.05, 0.1) is 12.0 Å². The van der Waals surface area contributed by atoms with Gasteiger partial charge in [0.2, 0.25) is 11.8 Å². The van der Waals surface area contributed by atoms with Crippen molar-refractivity contribution in [1.82, 2.24) is 14.7 Å². The summed E-state index contributed by atoms with van der Waals surface area (Å²) in [6, 6.07) is 3.97. The maximum Gasteiger partial charge on any atom is 0.489 e. The third kappa shape index (κ3) is 3.65. The van der Waals surface area contributed by atoms with E-state index < -0.39 is 7.12 Å². The van der Waals surface area contributed by atoms with Crippen LogP contribution in [0.3, 0.4) is 0 Å². The first-order valence-electron chi connectivity index (χ1n) is 8.98. The number of carbonyl (C=O) groups excluding carboxylic acids is 4. The highest BCUT2D eigenvalue weighted by atomic mass is 16.4. The molecule has 1 aromatic rings. The van der Waals surface area contributed by atoms with Crippen LogP contribution in [0, 0.1) is 5.92 Å². The van der Waals surface area contributed by atoms with E-state index in [9.17, 15) is 29.2 Å². The second kappa shape index (κ2) is 7.73. The van der Waals surface area contributed by atoms with Gasteiger partial charge in [0.15, 0.2) is 0 Å². The van der Waals surface area contributed by atoms with E-state index in [1.807, 2.05) is 0 Å². The lowest BCUT2D eigenvalue weighted by Crippen LogP contribution is -2.61. The zero-order valence-corrected chi connectivity index (χ0v) is 15.7. The molecule has 1 atom stereocenters. The molecular formula is C18H22BN3O6. The molecule has 0 radical (unpaired) electrons. The van der Waals surface area contributed by atoms with Gasteiger partial charge in [-0.15, -0.1) is 0 Å². The normalized spacial score (nSPS) is 19.4. The molecule has 2 saturated heterocycles. The number of nitrogens with zero attached hydrogens (tertiary/aromatic N) is 3. The Bertz CT molecular complexity index is 822. The predicted octanol–water partition coefficient (Wildman–Crippen LogP) is -2.06. The average molecular weight is 387 g/mol. The van der Waals surface area contributed by atoms with E-state index in [-0.39, 0.29) is 52.7 Å². The topological polar surface area (TPSA) is 118 Å². The second-order valence-electron chi connectivity index (χ2n) is 7.38. The van der Waals surface area contributed by atoms with Crippen LogP contribution < -0.4 is 5.46 Å². The smallest absolute Gasteiger partial charge is 0.423 e. The second-order valence-corrected chi connectivity index (χ2v) is 7.38. The molecule has 2 aliphatic rings. The lowest BCUT2D eigenvalue weighted by Gasteiger charge is -2.44. The zero-order valence-electron chi connectivity index (χ0n) is 15.7. The van der Waals surface area contributed by atoms with E-state index in [2.05, 4.69) is 0 Å². The number of hydrogen-bond donors (Lipinski definition) is 2. The van der Waals surface area contributed by atoms with Gasteiger partial charge < -0.3 is 24.7 Å². The van der Waals surface area contributed by atoms with Gasteiger partial charge >= 0.3 is 7.12 Å². The third-order valence-electron chi connectivity index (χ3n) is 5.28. The number of benzene rings is 1. The lowest BCUT2D eigenvalue weighted by molar-refractivity contribution is -0.134. The average Bonchev–Trinajstić information content (AvgIpc) is 3.00. The van der Waals surface area contributed by atoms with Crippen molar-refractivity contribution >= 4 is 36.6 Å². The number of amides is 3. The molecule has 3 amide bonds. The van der Waals surface area contributed by atoms with Crippen LogP contribution in [0.1, 0.15) is 27.1 Å². The monoisotopic (exact) mass is 387 g/mol. The fourth-order valence-corrected chi connectivity index (χ4v) is 3.66. The fraction of sp³-hybridized carbons (Fsp3) is 0.444. The van der Waals surface area contributed by atoms with E-state index >= 15 is 0 Å². The van der Waals surface area contributed by atoms with Crippen LogP contribution in [-0.4, -0.2) is 95.6 Å². The third-order valence-corrected chi connectivity index (χ3v) is 5.28. The SMILES string of the molecule is CN(C)C(=O)C1CC(=O)N(C2CN(C(=O)c3ccc(B(O)O)c(C=O)c3)C2)C1. The van der Waals surface area contributed by atoms with E-state index in [1.165, 1.54) is 23.1 Å². The van der Waals surface area contributed by atoms with Crippen LogP contribution in [0.2, 0.25) is 0 Å². The first-order chi connectivity index (χ1) is 13.2. The Morgan fingerprint density at radius 2 is 1.89 bits per heavy atom. The van der Waals surface area contributed by atoms with Crippen molar-refractivity contribution in [2.45, 2.75) is 12.5 Å². The summed E-state index contributed by atoms with van der Waals surface area (Å²) in [6.07, 6.45) is 0.657. The molecule has 3 rings (SSSR count). The molecule has 1 unspecified atom stereocenters. The standard InChI is InChI=1S/C18H22BN3O6/c1-20(2)17(25)12-6-16(24)22(7-12)14-8-21(9-14)18(26)11-3-4-15(19(27)28)13(5-11)10-23/h3-5,10,12,14,27-28H,6-9H2,1-2H3. The summed E-state index contributed by atoms with van der Waals surface area (Å²) in [5.74, 6) is -0.803. The van der Waals surface area contributed by atoms with Crippen molar-refractivity contribution in [3.05, 3.63) is 29.3 Å². The molecule has 2 aliphatic heterocycles. The van der Waals surface area contributed by atoms with Crippen molar-refractivity contribution in [1.29, 1.82) is 0 Å². The molecule has 148 valence electrons. The maximum atomic E-state index is 12.6. The Hall–Kier alpha value is -2.72. The molecule has 0 aliphatic carbocycles. The lowest BCUT2D eigenvalue weighted by atomic mass is 9.76. The van der Waals surface area contributed by atoms with Crippen molar-refractivity contribution in [2.24, 2.45) is 5.92 Å². The molecule has 0 bridgehead atoms. The Morgan fingerprint density at radius 1 is 1.21 bits per heavy atom. The van der Waals surface area contributed by atoms with Gasteiger partial charge in [-0.1, -0.05) is 6.07 Å². The molecular weight excluding hydrogens is 365 g/mol. The number of likely N-dealkylation sites (tertiary alicyclic amines) is 2. The highest BCUT2D eigenvalue weighted by molar-refractivity contribution is 6.60. The Balaban J connectivity index is 1.62. The highest BCUT2D eigenvalue weighted by Crippen LogP contribution is 2.26. The van der Waals surface area contributed by atoms with Crippen molar-refractivity contribution in [2.75, 3.05) is 33.7 Å². The number of aldehydes is 1. The molecule has 2 heterocycles. The fourth-order valence-electron chi connectivity index (χ4n) is 3.66. The van der Waals surface area contributed by atoms with Gasteiger partial charge in [0.25, 0.3) is 5.91 Å². The highest BCUT2D eigenvalue weighted by Gasteiger charge is 2.43. The van der Waals surface area contributed by atoms with Gasteiger partial charge in [0.1, 0.15) is 6.29 Å². The zero-order chi connectivity index (χ0) is 20.6. The molecule has 0 saturated carbocycles. The summed E-state index contributed by atoms with van der Waals surface area (Å²) in [7, 11) is 1.53. The Kier molecular flexibility index (Phi) is 5.53. The van der Waals surface area contributed by atoms with Crippen LogP contribution in [0.5, 0.6) is 0 Å². The summed E-state index contributed by atoms with van der Waals surface area (Å²) < 4.78 is 0. The van der Waals surface area contributed by atoms with Gasteiger partial charge in [-0.3, -0.25) is 19.2 Å². The van der Waals surface area contributed by atoms with Gasteiger partial charge in [0, 0.05) is 51.3 Å². The molecule has 2 fully saturated rings. The van der Waals surface area contributed by atoms with E-state index in [0.717, 1.165) is 0 Å². The van der Waals surface area contributed by atoms with Crippen LogP contribution in [-0.2, 0) is 9.59 Å². The minimum absolute atomic E-state index is 0.0345. The van der Waals surface area contributed by atoms with E-state index in [1.54, 1.807) is 23.9 Å². The quantitative estimate of drug-likeness (QED) is 0.443. The van der Waals surface area contributed by atoms with Gasteiger partial charge in [-0.25, -0.2) is 0 Å². The van der Waals surface area contributed by atoms with Crippen LogP contribution in [0.25, 0.3) is 0 Å². The molecule has 0 aromatic heterocycles. The Labute approximate surface area is 162 Å². The molecule has 0 spiro atoms. The molecule has 9 nitrogen and oxygen atoms in total. The minimum atomic E-state index is -1.79. The van der Waals surface area contributed by atoms with Crippen LogP contribution in [0.15, 0.2) is 18.2 Å².